The van der Waals surface area contributed by atoms with Crippen molar-refractivity contribution in [2.24, 2.45) is 7.05 Å². The van der Waals surface area contributed by atoms with Gasteiger partial charge in [-0.05, 0) is 19.9 Å². The number of anilines is 1. The van der Waals surface area contributed by atoms with Crippen LogP contribution in [0.1, 0.15) is 24.4 Å². The molecule has 1 atom stereocenters. The fraction of sp³-hybridized carbons (Fsp3) is 0.267. The Hall–Kier alpha value is -2.63. The van der Waals surface area contributed by atoms with Crippen molar-refractivity contribution in [3.8, 4) is 5.75 Å². The van der Waals surface area contributed by atoms with Gasteiger partial charge in [0.2, 0.25) is 0 Å². The van der Waals surface area contributed by atoms with E-state index in [1.54, 1.807) is 23.0 Å². The molecule has 0 spiro atoms. The highest BCUT2D eigenvalue weighted by molar-refractivity contribution is 5.86. The number of para-hydroxylation sites is 1. The minimum atomic E-state index is -0.0797. The summed E-state index contributed by atoms with van der Waals surface area (Å²) < 4.78 is 1.72. The van der Waals surface area contributed by atoms with Gasteiger partial charge in [0.25, 0.3) is 0 Å². The van der Waals surface area contributed by atoms with E-state index in [0.29, 0.717) is 5.82 Å². The lowest BCUT2D eigenvalue weighted by atomic mass is 10.1. The van der Waals surface area contributed by atoms with E-state index in [4.69, 9.17) is 0 Å². The van der Waals surface area contributed by atoms with Crippen molar-refractivity contribution in [3.63, 3.8) is 0 Å². The number of phenolic OH excluding ortho intramolecular Hbond substituents is 1. The van der Waals surface area contributed by atoms with Gasteiger partial charge in [0.1, 0.15) is 17.4 Å². The number of phenols is 1. The van der Waals surface area contributed by atoms with Crippen molar-refractivity contribution in [2.75, 3.05) is 5.32 Å². The second kappa shape index (κ2) is 5.05. The smallest absolute Gasteiger partial charge is 0.163 e. The van der Waals surface area contributed by atoms with E-state index in [0.717, 1.165) is 22.4 Å². The first kappa shape index (κ1) is 13.4. The van der Waals surface area contributed by atoms with Crippen LogP contribution in [0.15, 0.2) is 30.5 Å². The molecule has 2 aromatic heterocycles. The topological polar surface area (TPSA) is 75.9 Å². The van der Waals surface area contributed by atoms with Gasteiger partial charge < -0.3 is 10.4 Å². The summed E-state index contributed by atoms with van der Waals surface area (Å²) in [5.41, 5.74) is 1.61. The molecular formula is C15H17N5O. The van der Waals surface area contributed by atoms with E-state index in [1.165, 1.54) is 0 Å². The summed E-state index contributed by atoms with van der Waals surface area (Å²) in [4.78, 5) is 8.85. The van der Waals surface area contributed by atoms with Crippen molar-refractivity contribution < 1.29 is 5.11 Å². The number of hydrogen-bond donors (Lipinski definition) is 2. The lowest BCUT2D eigenvalue weighted by Crippen LogP contribution is -2.09. The van der Waals surface area contributed by atoms with Crippen LogP contribution in [0.25, 0.3) is 11.0 Å². The van der Waals surface area contributed by atoms with Gasteiger partial charge in [-0.2, -0.15) is 5.10 Å². The number of hydrogen-bond acceptors (Lipinski definition) is 5. The molecule has 0 aliphatic heterocycles. The number of aryl methyl sites for hydroxylation is 2. The second-order valence-corrected chi connectivity index (χ2v) is 5.05. The molecule has 2 heterocycles. The van der Waals surface area contributed by atoms with Crippen LogP contribution in [0.5, 0.6) is 5.75 Å². The SMILES string of the molecule is Cc1nc(N[C@H](C)c2ccccc2O)c2cnn(C)c2n1. The van der Waals surface area contributed by atoms with Crippen molar-refractivity contribution in [1.82, 2.24) is 19.7 Å². The Balaban J connectivity index is 2.00. The Morgan fingerprint density at radius 2 is 2.00 bits per heavy atom. The molecule has 3 aromatic rings. The van der Waals surface area contributed by atoms with Crippen LogP contribution in [0, 0.1) is 6.92 Å². The molecule has 0 saturated carbocycles. The fourth-order valence-electron chi connectivity index (χ4n) is 2.38. The number of rotatable bonds is 3. The average molecular weight is 283 g/mol. The summed E-state index contributed by atoms with van der Waals surface area (Å²) in [7, 11) is 1.85. The molecule has 6 heteroatoms. The second-order valence-electron chi connectivity index (χ2n) is 5.05. The van der Waals surface area contributed by atoms with Crippen LogP contribution < -0.4 is 5.32 Å². The number of aromatic nitrogens is 4. The fourth-order valence-corrected chi connectivity index (χ4v) is 2.38. The van der Waals surface area contributed by atoms with Gasteiger partial charge >= 0.3 is 0 Å². The maximum atomic E-state index is 9.94. The Morgan fingerprint density at radius 3 is 2.76 bits per heavy atom. The summed E-state index contributed by atoms with van der Waals surface area (Å²) in [6.45, 7) is 3.83. The molecule has 0 aliphatic rings. The molecule has 0 amide bonds. The zero-order valence-electron chi connectivity index (χ0n) is 12.2. The van der Waals surface area contributed by atoms with Gasteiger partial charge in [-0.1, -0.05) is 18.2 Å². The molecule has 6 nitrogen and oxygen atoms in total. The maximum Gasteiger partial charge on any atom is 0.163 e. The minimum absolute atomic E-state index is 0.0797. The van der Waals surface area contributed by atoms with E-state index >= 15 is 0 Å². The number of aromatic hydroxyl groups is 1. The Kier molecular flexibility index (Phi) is 3.21. The minimum Gasteiger partial charge on any atom is -0.508 e. The summed E-state index contributed by atoms with van der Waals surface area (Å²) in [5.74, 6) is 1.67. The normalized spacial score (nSPS) is 12.5. The van der Waals surface area contributed by atoms with Crippen molar-refractivity contribution in [1.29, 1.82) is 0 Å². The standard InChI is InChI=1S/C15H17N5O/c1-9(11-6-4-5-7-13(11)21)17-14-12-8-16-20(3)15(12)19-10(2)18-14/h4-9,21H,1-3H3,(H,17,18,19)/t9-/m1/s1. The monoisotopic (exact) mass is 283 g/mol. The zero-order valence-corrected chi connectivity index (χ0v) is 12.2. The summed E-state index contributed by atoms with van der Waals surface area (Å²) in [5, 5.41) is 18.4. The number of benzene rings is 1. The first-order valence-corrected chi connectivity index (χ1v) is 6.77. The third kappa shape index (κ3) is 2.40. The van der Waals surface area contributed by atoms with E-state index in [1.807, 2.05) is 33.0 Å². The van der Waals surface area contributed by atoms with Gasteiger partial charge in [-0.25, -0.2) is 9.97 Å². The van der Waals surface area contributed by atoms with Gasteiger partial charge in [0.15, 0.2) is 5.65 Å². The molecule has 0 radical (unpaired) electrons. The predicted octanol–water partition coefficient (Wildman–Crippen LogP) is 2.55. The van der Waals surface area contributed by atoms with Gasteiger partial charge in [0.05, 0.1) is 17.6 Å². The lowest BCUT2D eigenvalue weighted by molar-refractivity contribution is 0.465. The Bertz CT molecular complexity index is 796. The van der Waals surface area contributed by atoms with Crippen LogP contribution in [-0.2, 0) is 7.05 Å². The van der Waals surface area contributed by atoms with E-state index in [2.05, 4.69) is 20.4 Å². The molecule has 0 aliphatic carbocycles. The Labute approximate surface area is 122 Å². The van der Waals surface area contributed by atoms with Crippen molar-refractivity contribution in [3.05, 3.63) is 41.9 Å². The molecule has 2 N–H and O–H groups in total. The van der Waals surface area contributed by atoms with E-state index < -0.39 is 0 Å². The Morgan fingerprint density at radius 1 is 1.24 bits per heavy atom. The molecular weight excluding hydrogens is 266 g/mol. The number of nitrogens with zero attached hydrogens (tertiary/aromatic N) is 4. The largest absolute Gasteiger partial charge is 0.508 e. The molecule has 3 rings (SSSR count). The third-order valence-corrected chi connectivity index (χ3v) is 3.46. The van der Waals surface area contributed by atoms with Gasteiger partial charge in [0, 0.05) is 12.6 Å². The highest BCUT2D eigenvalue weighted by Gasteiger charge is 2.14. The molecule has 1 aromatic carbocycles. The van der Waals surface area contributed by atoms with Crippen LogP contribution in [0.3, 0.4) is 0 Å². The quantitative estimate of drug-likeness (QED) is 0.772. The van der Waals surface area contributed by atoms with Crippen LogP contribution in [0.4, 0.5) is 5.82 Å². The maximum absolute atomic E-state index is 9.94. The first-order valence-electron chi connectivity index (χ1n) is 6.77. The zero-order chi connectivity index (χ0) is 15.0. The van der Waals surface area contributed by atoms with Crippen LogP contribution in [-0.4, -0.2) is 24.9 Å². The molecule has 0 saturated heterocycles. The van der Waals surface area contributed by atoms with Crippen molar-refractivity contribution in [2.45, 2.75) is 19.9 Å². The summed E-state index contributed by atoms with van der Waals surface area (Å²) in [6.07, 6.45) is 1.74. The molecule has 0 fully saturated rings. The highest BCUT2D eigenvalue weighted by atomic mass is 16.3. The van der Waals surface area contributed by atoms with E-state index in [9.17, 15) is 5.11 Å². The molecule has 0 bridgehead atoms. The molecule has 108 valence electrons. The number of fused-ring (bicyclic) bond motifs is 1. The summed E-state index contributed by atoms with van der Waals surface area (Å²) >= 11 is 0. The highest BCUT2D eigenvalue weighted by Crippen LogP contribution is 2.28. The predicted molar refractivity (Wildman–Crippen MR) is 81.2 cm³/mol. The number of nitrogens with one attached hydrogen (secondary N) is 1. The van der Waals surface area contributed by atoms with Gasteiger partial charge in [-0.3, -0.25) is 4.68 Å². The van der Waals surface area contributed by atoms with Gasteiger partial charge in [-0.15, -0.1) is 0 Å². The third-order valence-electron chi connectivity index (χ3n) is 3.46. The average Bonchev–Trinajstić information content (AvgIpc) is 2.81. The van der Waals surface area contributed by atoms with Crippen LogP contribution >= 0.6 is 0 Å². The molecule has 21 heavy (non-hydrogen) atoms. The van der Waals surface area contributed by atoms with E-state index in [-0.39, 0.29) is 11.8 Å². The summed E-state index contributed by atoms with van der Waals surface area (Å²) in [6, 6.07) is 7.20. The van der Waals surface area contributed by atoms with Crippen molar-refractivity contribution >= 4 is 16.9 Å². The lowest BCUT2D eigenvalue weighted by Gasteiger charge is -2.16. The first-order chi connectivity index (χ1) is 10.1. The van der Waals surface area contributed by atoms with Crippen LogP contribution in [0.2, 0.25) is 0 Å². The molecule has 0 unspecified atom stereocenters.